The molecule has 23 heavy (non-hydrogen) atoms. The Kier molecular flexibility index (Phi) is 6.10. The number of carbonyl (C=O) groups excluding carboxylic acids is 1. The molecule has 0 aliphatic carbocycles. The molecule has 1 amide bonds. The van der Waals surface area contributed by atoms with Gasteiger partial charge in [0.15, 0.2) is 0 Å². The van der Waals surface area contributed by atoms with Crippen molar-refractivity contribution < 1.29 is 18.3 Å². The molecule has 0 saturated carbocycles. The van der Waals surface area contributed by atoms with E-state index in [1.807, 2.05) is 24.3 Å². The van der Waals surface area contributed by atoms with E-state index in [1.165, 1.54) is 12.1 Å². The number of halogens is 3. The molecule has 0 radical (unpaired) electrons. The van der Waals surface area contributed by atoms with Crippen LogP contribution < -0.4 is 10.1 Å². The van der Waals surface area contributed by atoms with Crippen LogP contribution in [0.25, 0.3) is 0 Å². The van der Waals surface area contributed by atoms with Crippen molar-refractivity contribution in [3.63, 3.8) is 0 Å². The standard InChI is InChI=1S/C17H16BrF2NO2/c1-11(13-3-2-4-15(10-13)23-17(19)20)21-16(22)9-12-5-7-14(18)8-6-12/h2-8,10-11,17H,9H2,1H3,(H,21,22). The Morgan fingerprint density at radius 2 is 1.91 bits per heavy atom. The number of benzene rings is 2. The van der Waals surface area contributed by atoms with Gasteiger partial charge in [0.1, 0.15) is 5.75 Å². The third-order valence-corrected chi connectivity index (χ3v) is 3.77. The molecule has 2 aromatic carbocycles. The predicted molar refractivity (Wildman–Crippen MR) is 87.5 cm³/mol. The molecule has 0 aliphatic rings. The number of alkyl halides is 2. The average molecular weight is 384 g/mol. The minimum absolute atomic E-state index is 0.0755. The van der Waals surface area contributed by atoms with Crippen LogP contribution in [0.5, 0.6) is 5.75 Å². The lowest BCUT2D eigenvalue weighted by atomic mass is 10.1. The summed E-state index contributed by atoms with van der Waals surface area (Å²) in [7, 11) is 0. The van der Waals surface area contributed by atoms with Crippen LogP contribution in [0.4, 0.5) is 8.78 Å². The fourth-order valence-electron chi connectivity index (χ4n) is 2.12. The molecule has 1 N–H and O–H groups in total. The van der Waals surface area contributed by atoms with Gasteiger partial charge in [-0.15, -0.1) is 0 Å². The number of hydrogen-bond donors (Lipinski definition) is 1. The summed E-state index contributed by atoms with van der Waals surface area (Å²) in [5.41, 5.74) is 1.60. The minimum atomic E-state index is -2.87. The van der Waals surface area contributed by atoms with Crippen LogP contribution in [0.1, 0.15) is 24.1 Å². The SMILES string of the molecule is CC(NC(=O)Cc1ccc(Br)cc1)c1cccc(OC(F)F)c1. The maximum Gasteiger partial charge on any atom is 0.387 e. The summed E-state index contributed by atoms with van der Waals surface area (Å²) in [5.74, 6) is -0.0634. The minimum Gasteiger partial charge on any atom is -0.435 e. The van der Waals surface area contributed by atoms with Crippen LogP contribution in [0.3, 0.4) is 0 Å². The quantitative estimate of drug-likeness (QED) is 0.798. The van der Waals surface area contributed by atoms with Crippen LogP contribution in [0.2, 0.25) is 0 Å². The highest BCUT2D eigenvalue weighted by Crippen LogP contribution is 2.21. The predicted octanol–water partition coefficient (Wildman–Crippen LogP) is 4.47. The zero-order valence-corrected chi connectivity index (χ0v) is 14.0. The average Bonchev–Trinajstić information content (AvgIpc) is 2.49. The first kappa shape index (κ1) is 17.4. The highest BCUT2D eigenvalue weighted by molar-refractivity contribution is 9.10. The number of amides is 1. The first-order valence-electron chi connectivity index (χ1n) is 7.02. The monoisotopic (exact) mass is 383 g/mol. The molecule has 0 aromatic heterocycles. The molecule has 122 valence electrons. The van der Waals surface area contributed by atoms with Crippen molar-refractivity contribution in [3.8, 4) is 5.75 Å². The van der Waals surface area contributed by atoms with Crippen LogP contribution in [0.15, 0.2) is 53.0 Å². The van der Waals surface area contributed by atoms with Gasteiger partial charge < -0.3 is 10.1 Å². The Morgan fingerprint density at radius 1 is 1.22 bits per heavy atom. The Labute approximate surface area is 141 Å². The summed E-state index contributed by atoms with van der Waals surface area (Å²) < 4.78 is 29.8. The Balaban J connectivity index is 1.96. The van der Waals surface area contributed by atoms with Gasteiger partial charge in [-0.25, -0.2) is 0 Å². The van der Waals surface area contributed by atoms with Crippen molar-refractivity contribution >= 4 is 21.8 Å². The molecular formula is C17H16BrF2NO2. The van der Waals surface area contributed by atoms with Gasteiger partial charge in [-0.2, -0.15) is 8.78 Å². The normalized spacial score (nSPS) is 12.0. The van der Waals surface area contributed by atoms with Crippen molar-refractivity contribution in [2.75, 3.05) is 0 Å². The highest BCUT2D eigenvalue weighted by Gasteiger charge is 2.12. The topological polar surface area (TPSA) is 38.3 Å². The van der Waals surface area contributed by atoms with Crippen LogP contribution in [-0.2, 0) is 11.2 Å². The molecule has 6 heteroatoms. The summed E-state index contributed by atoms with van der Waals surface area (Å²) in [6.45, 7) is -1.08. The lowest BCUT2D eigenvalue weighted by Gasteiger charge is -2.15. The van der Waals surface area contributed by atoms with Crippen LogP contribution >= 0.6 is 15.9 Å². The summed E-state index contributed by atoms with van der Waals surface area (Å²) in [6, 6.07) is 13.5. The summed E-state index contributed by atoms with van der Waals surface area (Å²) >= 11 is 3.34. The summed E-state index contributed by atoms with van der Waals surface area (Å²) in [5, 5.41) is 2.85. The second-order valence-electron chi connectivity index (χ2n) is 5.04. The fraction of sp³-hybridized carbons (Fsp3) is 0.235. The maximum atomic E-state index is 12.2. The van der Waals surface area contributed by atoms with Crippen LogP contribution in [-0.4, -0.2) is 12.5 Å². The van der Waals surface area contributed by atoms with Crippen LogP contribution in [0, 0.1) is 0 Å². The second kappa shape index (κ2) is 8.06. The van der Waals surface area contributed by atoms with E-state index in [1.54, 1.807) is 19.1 Å². The molecule has 0 fully saturated rings. The third-order valence-electron chi connectivity index (χ3n) is 3.24. The van der Waals surface area contributed by atoms with Crippen molar-refractivity contribution in [3.05, 3.63) is 64.1 Å². The number of carbonyl (C=O) groups is 1. The summed E-state index contributed by atoms with van der Waals surface area (Å²) in [6.07, 6.45) is 0.255. The first-order valence-corrected chi connectivity index (χ1v) is 7.82. The fourth-order valence-corrected chi connectivity index (χ4v) is 2.39. The lowest BCUT2D eigenvalue weighted by Crippen LogP contribution is -2.28. The second-order valence-corrected chi connectivity index (χ2v) is 5.96. The van der Waals surface area contributed by atoms with E-state index in [0.717, 1.165) is 10.0 Å². The highest BCUT2D eigenvalue weighted by atomic mass is 79.9. The van der Waals surface area contributed by atoms with Crippen molar-refractivity contribution in [1.82, 2.24) is 5.32 Å². The van der Waals surface area contributed by atoms with E-state index in [0.29, 0.717) is 5.56 Å². The Bertz CT molecular complexity index is 662. The molecule has 0 heterocycles. The molecule has 2 aromatic rings. The zero-order valence-electron chi connectivity index (χ0n) is 12.4. The molecule has 3 nitrogen and oxygen atoms in total. The number of rotatable bonds is 6. The smallest absolute Gasteiger partial charge is 0.387 e. The molecule has 0 bridgehead atoms. The number of ether oxygens (including phenoxy) is 1. The Hall–Kier alpha value is -1.95. The van der Waals surface area contributed by atoms with E-state index in [4.69, 9.17) is 0 Å². The van der Waals surface area contributed by atoms with Crippen molar-refractivity contribution in [1.29, 1.82) is 0 Å². The molecular weight excluding hydrogens is 368 g/mol. The number of nitrogens with one attached hydrogen (secondary N) is 1. The third kappa shape index (κ3) is 5.63. The van der Waals surface area contributed by atoms with Gasteiger partial charge in [0, 0.05) is 4.47 Å². The van der Waals surface area contributed by atoms with Crippen molar-refractivity contribution in [2.24, 2.45) is 0 Å². The van der Waals surface area contributed by atoms with E-state index in [9.17, 15) is 13.6 Å². The molecule has 0 aliphatic heterocycles. The molecule has 2 rings (SSSR count). The largest absolute Gasteiger partial charge is 0.435 e. The van der Waals surface area contributed by atoms with Gasteiger partial charge in [0.2, 0.25) is 5.91 Å². The Morgan fingerprint density at radius 3 is 2.57 bits per heavy atom. The van der Waals surface area contributed by atoms with E-state index in [-0.39, 0.29) is 24.1 Å². The van der Waals surface area contributed by atoms with E-state index in [2.05, 4.69) is 26.0 Å². The van der Waals surface area contributed by atoms with Gasteiger partial charge >= 0.3 is 6.61 Å². The van der Waals surface area contributed by atoms with E-state index >= 15 is 0 Å². The molecule has 1 atom stereocenters. The number of hydrogen-bond acceptors (Lipinski definition) is 2. The first-order chi connectivity index (χ1) is 10.9. The van der Waals surface area contributed by atoms with Gasteiger partial charge in [-0.3, -0.25) is 4.79 Å². The molecule has 0 saturated heterocycles. The zero-order chi connectivity index (χ0) is 16.8. The van der Waals surface area contributed by atoms with Crippen molar-refractivity contribution in [2.45, 2.75) is 26.0 Å². The van der Waals surface area contributed by atoms with Gasteiger partial charge in [0.25, 0.3) is 0 Å². The molecule has 1 unspecified atom stereocenters. The van der Waals surface area contributed by atoms with Gasteiger partial charge in [0.05, 0.1) is 12.5 Å². The summed E-state index contributed by atoms with van der Waals surface area (Å²) in [4.78, 5) is 12.1. The van der Waals surface area contributed by atoms with Gasteiger partial charge in [-0.1, -0.05) is 40.2 Å². The van der Waals surface area contributed by atoms with Gasteiger partial charge in [-0.05, 0) is 42.3 Å². The maximum absolute atomic E-state index is 12.2. The molecule has 0 spiro atoms. The van der Waals surface area contributed by atoms with E-state index < -0.39 is 6.61 Å². The lowest BCUT2D eigenvalue weighted by molar-refractivity contribution is -0.121.